The van der Waals surface area contributed by atoms with E-state index in [1.165, 1.54) is 0 Å². The molecule has 0 fully saturated rings. The Kier molecular flexibility index (Phi) is 9.18. The number of hydrogen-bond acceptors (Lipinski definition) is 6. The Hall–Kier alpha value is -3.26. The summed E-state index contributed by atoms with van der Waals surface area (Å²) in [5.74, 6) is -1.14. The molecule has 0 saturated carbocycles. The fourth-order valence-corrected chi connectivity index (χ4v) is 2.18. The molecule has 0 heterocycles. The van der Waals surface area contributed by atoms with Gasteiger partial charge in [0.2, 0.25) is 0 Å². The second-order valence-corrected chi connectivity index (χ2v) is 5.20. The lowest BCUT2D eigenvalue weighted by Crippen LogP contribution is -2.14. The number of para-hydroxylation sites is 1. The van der Waals surface area contributed by atoms with Crippen molar-refractivity contribution in [3.8, 4) is 17.2 Å². The number of carboxylic acids is 2. The molecular weight excluding hydrogens is 354 g/mol. The zero-order valence-electron chi connectivity index (χ0n) is 15.4. The van der Waals surface area contributed by atoms with Crippen LogP contribution in [0.4, 0.5) is 0 Å². The molecule has 0 aliphatic heterocycles. The highest BCUT2D eigenvalue weighted by atomic mass is 16.5. The number of methoxy groups -OCH3 is 3. The lowest BCUT2D eigenvalue weighted by atomic mass is 10.1. The van der Waals surface area contributed by atoms with Crippen molar-refractivity contribution in [1.29, 1.82) is 0 Å². The van der Waals surface area contributed by atoms with Gasteiger partial charge in [-0.2, -0.15) is 0 Å². The molecule has 0 bridgehead atoms. The first-order valence-electron chi connectivity index (χ1n) is 7.92. The Morgan fingerprint density at radius 3 is 1.89 bits per heavy atom. The summed E-state index contributed by atoms with van der Waals surface area (Å²) in [5.41, 5.74) is 2.22. The largest absolute Gasteiger partial charge is 0.497 e. The quantitative estimate of drug-likeness (QED) is 0.629. The summed E-state index contributed by atoms with van der Waals surface area (Å²) < 4.78 is 15.9. The molecule has 2 rings (SSSR count). The van der Waals surface area contributed by atoms with Gasteiger partial charge in [-0.25, -0.2) is 9.59 Å². The molecule has 3 N–H and O–H groups in total. The van der Waals surface area contributed by atoms with Crippen molar-refractivity contribution in [2.75, 3.05) is 21.3 Å². The normalized spacial score (nSPS) is 9.59. The maximum Gasteiger partial charge on any atom is 0.414 e. The highest BCUT2D eigenvalue weighted by Gasteiger charge is 2.06. The molecule has 146 valence electrons. The number of hydrogen-bond donors (Lipinski definition) is 3. The van der Waals surface area contributed by atoms with E-state index >= 15 is 0 Å². The second kappa shape index (κ2) is 11.4. The molecular formula is C19H23NO7. The third kappa shape index (κ3) is 7.25. The van der Waals surface area contributed by atoms with Crippen LogP contribution in [-0.2, 0) is 22.7 Å². The van der Waals surface area contributed by atoms with E-state index in [0.717, 1.165) is 34.9 Å². The van der Waals surface area contributed by atoms with Gasteiger partial charge in [-0.3, -0.25) is 0 Å². The number of nitrogens with one attached hydrogen (secondary N) is 1. The van der Waals surface area contributed by atoms with Crippen LogP contribution in [0.3, 0.4) is 0 Å². The fraction of sp³-hybridized carbons (Fsp3) is 0.263. The molecule has 0 radical (unpaired) electrons. The summed E-state index contributed by atoms with van der Waals surface area (Å²) in [6.45, 7) is 1.45. The highest BCUT2D eigenvalue weighted by Crippen LogP contribution is 2.24. The van der Waals surface area contributed by atoms with Crippen molar-refractivity contribution in [3.05, 3.63) is 53.6 Å². The maximum atomic E-state index is 9.10. The summed E-state index contributed by atoms with van der Waals surface area (Å²) in [4.78, 5) is 18.2. The second-order valence-electron chi connectivity index (χ2n) is 5.20. The summed E-state index contributed by atoms with van der Waals surface area (Å²) in [6.07, 6.45) is 0. The number of carboxylic acid groups (broad SMARTS) is 2. The first-order valence-corrected chi connectivity index (χ1v) is 7.92. The number of rotatable bonds is 7. The Bertz CT molecular complexity index is 749. The van der Waals surface area contributed by atoms with Gasteiger partial charge in [-0.1, -0.05) is 24.3 Å². The fourth-order valence-electron chi connectivity index (χ4n) is 2.18. The Balaban J connectivity index is 0.000000527. The van der Waals surface area contributed by atoms with E-state index in [9.17, 15) is 0 Å². The van der Waals surface area contributed by atoms with Crippen molar-refractivity contribution in [3.63, 3.8) is 0 Å². The molecule has 0 saturated heterocycles. The summed E-state index contributed by atoms with van der Waals surface area (Å²) >= 11 is 0. The summed E-state index contributed by atoms with van der Waals surface area (Å²) in [5, 5.41) is 18.2. The molecule has 2 aromatic carbocycles. The smallest absolute Gasteiger partial charge is 0.414 e. The Morgan fingerprint density at radius 2 is 1.37 bits per heavy atom. The van der Waals surface area contributed by atoms with Crippen LogP contribution in [-0.4, -0.2) is 43.5 Å². The van der Waals surface area contributed by atoms with Gasteiger partial charge in [0.15, 0.2) is 0 Å². The molecule has 0 amide bonds. The maximum absolute atomic E-state index is 9.10. The van der Waals surface area contributed by atoms with E-state index in [-0.39, 0.29) is 0 Å². The van der Waals surface area contributed by atoms with Gasteiger partial charge in [0, 0.05) is 30.3 Å². The minimum Gasteiger partial charge on any atom is -0.497 e. The SMILES string of the molecule is COc1ccc(CNCc2ccccc2OC)c(OC)c1.O=C(O)C(=O)O. The van der Waals surface area contributed by atoms with Gasteiger partial charge in [0.1, 0.15) is 17.2 Å². The van der Waals surface area contributed by atoms with E-state index < -0.39 is 11.9 Å². The third-order valence-corrected chi connectivity index (χ3v) is 3.50. The van der Waals surface area contributed by atoms with Crippen molar-refractivity contribution >= 4 is 11.9 Å². The van der Waals surface area contributed by atoms with Gasteiger partial charge in [0.25, 0.3) is 0 Å². The van der Waals surface area contributed by atoms with Crippen LogP contribution >= 0.6 is 0 Å². The predicted molar refractivity (Wildman–Crippen MR) is 98.4 cm³/mol. The number of aliphatic carboxylic acids is 2. The average Bonchev–Trinajstić information content (AvgIpc) is 2.68. The molecule has 8 nitrogen and oxygen atoms in total. The first-order chi connectivity index (χ1) is 12.9. The van der Waals surface area contributed by atoms with Crippen LogP contribution in [0.2, 0.25) is 0 Å². The zero-order chi connectivity index (χ0) is 20.2. The molecule has 0 unspecified atom stereocenters. The van der Waals surface area contributed by atoms with Crippen molar-refractivity contribution in [2.45, 2.75) is 13.1 Å². The van der Waals surface area contributed by atoms with E-state index in [0.29, 0.717) is 6.54 Å². The third-order valence-electron chi connectivity index (χ3n) is 3.50. The number of benzene rings is 2. The van der Waals surface area contributed by atoms with E-state index in [2.05, 4.69) is 11.4 Å². The van der Waals surface area contributed by atoms with Crippen LogP contribution in [0.25, 0.3) is 0 Å². The van der Waals surface area contributed by atoms with Crippen molar-refractivity contribution in [2.24, 2.45) is 0 Å². The molecule has 27 heavy (non-hydrogen) atoms. The molecule has 8 heteroatoms. The Labute approximate surface area is 157 Å². The summed E-state index contributed by atoms with van der Waals surface area (Å²) in [6, 6.07) is 13.8. The zero-order valence-corrected chi connectivity index (χ0v) is 15.4. The van der Waals surface area contributed by atoms with Crippen LogP contribution in [0, 0.1) is 0 Å². The molecule has 0 aliphatic rings. The van der Waals surface area contributed by atoms with Crippen molar-refractivity contribution in [1.82, 2.24) is 5.32 Å². The van der Waals surface area contributed by atoms with Crippen molar-refractivity contribution < 1.29 is 34.0 Å². The minimum atomic E-state index is -1.82. The van der Waals surface area contributed by atoms with E-state index in [4.69, 9.17) is 34.0 Å². The van der Waals surface area contributed by atoms with Crippen LogP contribution in [0.1, 0.15) is 11.1 Å². The van der Waals surface area contributed by atoms with Gasteiger partial charge < -0.3 is 29.7 Å². The number of ether oxygens (including phenoxy) is 3. The standard InChI is InChI=1S/C17H21NO3.C2H2O4/c1-19-15-9-8-14(17(10-15)21-3)12-18-11-13-6-4-5-7-16(13)20-2;3-1(4)2(5)6/h4-10,18H,11-12H2,1-3H3;(H,3,4)(H,5,6). The molecule has 0 atom stereocenters. The predicted octanol–water partition coefficient (Wildman–Crippen LogP) is 2.16. The number of carbonyl (C=O) groups is 2. The molecule has 0 aliphatic carbocycles. The van der Waals surface area contributed by atoms with Crippen LogP contribution < -0.4 is 19.5 Å². The van der Waals surface area contributed by atoms with Crippen LogP contribution in [0.15, 0.2) is 42.5 Å². The van der Waals surface area contributed by atoms with E-state index in [1.54, 1.807) is 21.3 Å². The Morgan fingerprint density at radius 1 is 0.815 bits per heavy atom. The lowest BCUT2D eigenvalue weighted by molar-refractivity contribution is -0.159. The monoisotopic (exact) mass is 377 g/mol. The first kappa shape index (κ1) is 21.8. The van der Waals surface area contributed by atoms with Gasteiger partial charge in [0.05, 0.1) is 21.3 Å². The minimum absolute atomic E-state index is 0.714. The molecule has 0 spiro atoms. The summed E-state index contributed by atoms with van der Waals surface area (Å²) in [7, 11) is 5.00. The average molecular weight is 377 g/mol. The lowest BCUT2D eigenvalue weighted by Gasteiger charge is -2.12. The molecule has 0 aromatic heterocycles. The topological polar surface area (TPSA) is 114 Å². The van der Waals surface area contributed by atoms with Gasteiger partial charge in [-0.05, 0) is 12.1 Å². The van der Waals surface area contributed by atoms with Gasteiger partial charge in [-0.15, -0.1) is 0 Å². The highest BCUT2D eigenvalue weighted by molar-refractivity contribution is 6.27. The van der Waals surface area contributed by atoms with Crippen LogP contribution in [0.5, 0.6) is 17.2 Å². The van der Waals surface area contributed by atoms with Gasteiger partial charge >= 0.3 is 11.9 Å². The van der Waals surface area contributed by atoms with E-state index in [1.807, 2.05) is 36.4 Å². The molecule has 2 aromatic rings.